The number of H-pyrrole nitrogens is 1. The van der Waals surface area contributed by atoms with Gasteiger partial charge in [0.2, 0.25) is 5.82 Å². The van der Waals surface area contributed by atoms with Crippen LogP contribution in [0.2, 0.25) is 0 Å². The maximum absolute atomic E-state index is 4.41. The van der Waals surface area contributed by atoms with Crippen LogP contribution in [0.3, 0.4) is 0 Å². The number of tetrazole rings is 1. The van der Waals surface area contributed by atoms with E-state index in [1.807, 2.05) is 11.6 Å². The normalized spacial score (nSPS) is 15.6. The molecule has 1 aliphatic rings. The van der Waals surface area contributed by atoms with Gasteiger partial charge in [-0.1, -0.05) is 19.9 Å². The Morgan fingerprint density at radius 3 is 2.70 bits per heavy atom. The van der Waals surface area contributed by atoms with Gasteiger partial charge in [0.1, 0.15) is 5.01 Å². The van der Waals surface area contributed by atoms with E-state index in [1.54, 1.807) is 11.3 Å². The third kappa shape index (κ3) is 4.33. The summed E-state index contributed by atoms with van der Waals surface area (Å²) in [6.45, 7) is 9.48. The number of nitrogens with one attached hydrogen (secondary N) is 1. The average Bonchev–Trinajstić information content (AvgIpc) is 3.36. The van der Waals surface area contributed by atoms with Crippen molar-refractivity contribution in [1.29, 1.82) is 0 Å². The van der Waals surface area contributed by atoms with E-state index in [9.17, 15) is 0 Å². The Labute approximate surface area is 163 Å². The van der Waals surface area contributed by atoms with Gasteiger partial charge in [-0.15, -0.1) is 21.5 Å². The van der Waals surface area contributed by atoms with E-state index >= 15 is 0 Å². The fourth-order valence-corrected chi connectivity index (χ4v) is 4.23. The number of rotatable bonds is 6. The number of benzene rings is 1. The van der Waals surface area contributed by atoms with Gasteiger partial charge in [-0.2, -0.15) is 5.21 Å². The fourth-order valence-electron chi connectivity index (χ4n) is 3.57. The average molecular weight is 384 g/mol. The minimum atomic E-state index is 0.629. The van der Waals surface area contributed by atoms with Crippen molar-refractivity contribution in [1.82, 2.24) is 30.5 Å². The zero-order valence-electron chi connectivity index (χ0n) is 15.8. The highest BCUT2D eigenvalue weighted by Gasteiger charge is 2.22. The summed E-state index contributed by atoms with van der Waals surface area (Å²) in [5.74, 6) is 1.29. The van der Waals surface area contributed by atoms with E-state index in [-0.39, 0.29) is 0 Å². The van der Waals surface area contributed by atoms with Crippen LogP contribution in [0.1, 0.15) is 24.4 Å². The standard InChI is InChI=1S/C19H25N7S/c1-14(2)11-15-3-4-16(19-21-23-24-22-19)17(12-15)26-8-6-25(7-9-26)13-18-20-5-10-27-18/h3-5,10,12,14H,6-9,11,13H2,1-2H3,(H,21,22,23,24). The van der Waals surface area contributed by atoms with Gasteiger partial charge in [-0.05, 0) is 35.2 Å². The smallest absolute Gasteiger partial charge is 0.206 e. The predicted octanol–water partition coefficient (Wildman–Crippen LogP) is 2.84. The number of hydrogen-bond acceptors (Lipinski definition) is 7. The summed E-state index contributed by atoms with van der Waals surface area (Å²) in [6, 6.07) is 6.63. The van der Waals surface area contributed by atoms with Gasteiger partial charge < -0.3 is 4.90 Å². The minimum Gasteiger partial charge on any atom is -0.368 e. The van der Waals surface area contributed by atoms with Crippen LogP contribution in [0.25, 0.3) is 11.4 Å². The molecular weight excluding hydrogens is 358 g/mol. The zero-order valence-corrected chi connectivity index (χ0v) is 16.6. The molecule has 142 valence electrons. The molecule has 0 unspecified atom stereocenters. The van der Waals surface area contributed by atoms with Crippen LogP contribution in [0.4, 0.5) is 5.69 Å². The maximum atomic E-state index is 4.41. The molecule has 0 saturated carbocycles. The number of anilines is 1. The monoisotopic (exact) mass is 383 g/mol. The molecule has 8 heteroatoms. The van der Waals surface area contributed by atoms with Gasteiger partial charge in [0.05, 0.1) is 6.54 Å². The number of aromatic amines is 1. The highest BCUT2D eigenvalue weighted by atomic mass is 32.1. The molecule has 2 aromatic heterocycles. The number of nitrogens with zero attached hydrogens (tertiary/aromatic N) is 6. The lowest BCUT2D eigenvalue weighted by Gasteiger charge is -2.36. The van der Waals surface area contributed by atoms with E-state index in [2.05, 4.69) is 67.5 Å². The van der Waals surface area contributed by atoms with E-state index in [0.717, 1.165) is 44.7 Å². The van der Waals surface area contributed by atoms with Gasteiger partial charge in [0.15, 0.2) is 0 Å². The van der Waals surface area contributed by atoms with Crippen LogP contribution in [-0.2, 0) is 13.0 Å². The summed E-state index contributed by atoms with van der Waals surface area (Å²) in [5.41, 5.74) is 3.62. The first-order valence-electron chi connectivity index (χ1n) is 9.41. The van der Waals surface area contributed by atoms with E-state index in [1.165, 1.54) is 16.3 Å². The second-order valence-electron chi connectivity index (χ2n) is 7.37. The molecule has 1 N–H and O–H groups in total. The SMILES string of the molecule is CC(C)Cc1ccc(-c2nn[nH]n2)c(N2CCN(Cc3nccs3)CC2)c1. The minimum absolute atomic E-state index is 0.629. The Morgan fingerprint density at radius 1 is 1.19 bits per heavy atom. The van der Waals surface area contributed by atoms with Gasteiger partial charge >= 0.3 is 0 Å². The van der Waals surface area contributed by atoms with Crippen LogP contribution >= 0.6 is 11.3 Å². The first-order chi connectivity index (χ1) is 13.2. The summed E-state index contributed by atoms with van der Waals surface area (Å²) in [4.78, 5) is 9.34. The topological polar surface area (TPSA) is 73.8 Å². The van der Waals surface area contributed by atoms with Crippen molar-refractivity contribution < 1.29 is 0 Å². The molecule has 1 saturated heterocycles. The van der Waals surface area contributed by atoms with Gasteiger partial charge in [-0.25, -0.2) is 4.98 Å². The van der Waals surface area contributed by atoms with E-state index < -0.39 is 0 Å². The highest BCUT2D eigenvalue weighted by molar-refractivity contribution is 7.09. The second-order valence-corrected chi connectivity index (χ2v) is 8.35. The third-order valence-electron chi connectivity index (χ3n) is 4.85. The summed E-state index contributed by atoms with van der Waals surface area (Å²) >= 11 is 1.73. The molecule has 0 amide bonds. The van der Waals surface area contributed by atoms with Crippen molar-refractivity contribution in [2.24, 2.45) is 5.92 Å². The molecule has 7 nitrogen and oxygen atoms in total. The molecular formula is C19H25N7S. The molecule has 0 aliphatic carbocycles. The van der Waals surface area contributed by atoms with Gasteiger partial charge in [0, 0.05) is 49.0 Å². The molecule has 27 heavy (non-hydrogen) atoms. The number of hydrogen-bond donors (Lipinski definition) is 1. The molecule has 4 rings (SSSR count). The molecule has 1 fully saturated rings. The lowest BCUT2D eigenvalue weighted by Crippen LogP contribution is -2.46. The Kier molecular flexibility index (Phi) is 5.45. The molecule has 1 aromatic carbocycles. The molecule has 3 heterocycles. The van der Waals surface area contributed by atoms with Crippen molar-refractivity contribution in [3.8, 4) is 11.4 Å². The Balaban J connectivity index is 1.53. The third-order valence-corrected chi connectivity index (χ3v) is 5.61. The highest BCUT2D eigenvalue weighted by Crippen LogP contribution is 2.31. The van der Waals surface area contributed by atoms with Gasteiger partial charge in [0.25, 0.3) is 0 Å². The van der Waals surface area contributed by atoms with Crippen LogP contribution in [-0.4, -0.2) is 56.7 Å². The summed E-state index contributed by atoms with van der Waals surface area (Å²) < 4.78 is 0. The molecule has 0 bridgehead atoms. The zero-order chi connectivity index (χ0) is 18.6. The van der Waals surface area contributed by atoms with Crippen LogP contribution in [0.15, 0.2) is 29.8 Å². The Bertz CT molecular complexity index is 837. The summed E-state index contributed by atoms with van der Waals surface area (Å²) in [7, 11) is 0. The van der Waals surface area contributed by atoms with Crippen molar-refractivity contribution in [2.45, 2.75) is 26.8 Å². The largest absolute Gasteiger partial charge is 0.368 e. The first kappa shape index (κ1) is 18.1. The molecule has 0 atom stereocenters. The van der Waals surface area contributed by atoms with Crippen molar-refractivity contribution in [2.75, 3.05) is 31.1 Å². The lowest BCUT2D eigenvalue weighted by atomic mass is 9.99. The predicted molar refractivity (Wildman–Crippen MR) is 108 cm³/mol. The second kappa shape index (κ2) is 8.14. The molecule has 0 radical (unpaired) electrons. The van der Waals surface area contributed by atoms with Crippen LogP contribution in [0, 0.1) is 5.92 Å². The molecule has 1 aliphatic heterocycles. The summed E-state index contributed by atoms with van der Waals surface area (Å²) in [5, 5.41) is 18.0. The molecule has 0 spiro atoms. The van der Waals surface area contributed by atoms with Crippen LogP contribution < -0.4 is 4.90 Å². The van der Waals surface area contributed by atoms with Crippen LogP contribution in [0.5, 0.6) is 0 Å². The number of piperazine rings is 1. The van der Waals surface area contributed by atoms with Gasteiger partial charge in [-0.3, -0.25) is 4.90 Å². The summed E-state index contributed by atoms with van der Waals surface area (Å²) in [6.07, 6.45) is 2.96. The Morgan fingerprint density at radius 2 is 2.04 bits per heavy atom. The number of aromatic nitrogens is 5. The first-order valence-corrected chi connectivity index (χ1v) is 10.3. The van der Waals surface area contributed by atoms with Crippen molar-refractivity contribution >= 4 is 17.0 Å². The lowest BCUT2D eigenvalue weighted by molar-refractivity contribution is 0.249. The number of thiazole rings is 1. The van der Waals surface area contributed by atoms with E-state index in [4.69, 9.17) is 0 Å². The fraction of sp³-hybridized carbons (Fsp3) is 0.474. The molecule has 3 aromatic rings. The van der Waals surface area contributed by atoms with Crippen molar-refractivity contribution in [3.05, 3.63) is 40.3 Å². The maximum Gasteiger partial charge on any atom is 0.206 e. The van der Waals surface area contributed by atoms with E-state index in [0.29, 0.717) is 11.7 Å². The Hall–Kier alpha value is -2.32. The quantitative estimate of drug-likeness (QED) is 0.706. The van der Waals surface area contributed by atoms with Crippen molar-refractivity contribution in [3.63, 3.8) is 0 Å².